The van der Waals surface area contributed by atoms with Gasteiger partial charge in [-0.05, 0) is 32.1 Å². The average Bonchev–Trinajstić information content (AvgIpc) is 2.58. The Labute approximate surface area is 160 Å². The molecular formula is C20H38O5S. The van der Waals surface area contributed by atoms with Gasteiger partial charge >= 0.3 is 5.97 Å². The van der Waals surface area contributed by atoms with E-state index >= 15 is 0 Å². The van der Waals surface area contributed by atoms with Crippen molar-refractivity contribution in [2.45, 2.75) is 96.5 Å². The lowest BCUT2D eigenvalue weighted by molar-refractivity contribution is -0.140. The summed E-state index contributed by atoms with van der Waals surface area (Å²) in [6.45, 7) is 2.16. The van der Waals surface area contributed by atoms with Crippen LogP contribution in [0.4, 0.5) is 0 Å². The first kappa shape index (κ1) is 25.1. The van der Waals surface area contributed by atoms with Gasteiger partial charge in [0.2, 0.25) is 0 Å². The highest BCUT2D eigenvalue weighted by Crippen LogP contribution is 2.15. The maximum absolute atomic E-state index is 11.4. The predicted octanol–water partition coefficient (Wildman–Crippen LogP) is 5.15. The molecule has 0 saturated heterocycles. The standard InChI is InChI=1S/C20H38O5S/c1-4-5-6-13-16-19(25-26(3,22)23)17-14-11-9-7-8-10-12-15-18-20(21)24-2/h11,14,19H,4-10,12-13,15-18H2,1-3H3/b14-11-. The van der Waals surface area contributed by atoms with E-state index in [0.29, 0.717) is 12.8 Å². The van der Waals surface area contributed by atoms with Gasteiger partial charge in [-0.15, -0.1) is 0 Å². The molecule has 1 atom stereocenters. The van der Waals surface area contributed by atoms with Gasteiger partial charge in [0.05, 0.1) is 19.5 Å². The maximum atomic E-state index is 11.4. The molecule has 0 aliphatic heterocycles. The van der Waals surface area contributed by atoms with Crippen molar-refractivity contribution < 1.29 is 22.1 Å². The number of esters is 1. The monoisotopic (exact) mass is 390 g/mol. The zero-order chi connectivity index (χ0) is 19.7. The van der Waals surface area contributed by atoms with Gasteiger partial charge in [-0.2, -0.15) is 8.42 Å². The third-order valence-electron chi connectivity index (χ3n) is 4.24. The van der Waals surface area contributed by atoms with Crippen LogP contribution >= 0.6 is 0 Å². The molecule has 0 heterocycles. The fraction of sp³-hybridized carbons (Fsp3) is 0.850. The molecule has 0 aromatic rings. The first-order valence-electron chi connectivity index (χ1n) is 9.99. The number of unbranched alkanes of at least 4 members (excludes halogenated alkanes) is 8. The van der Waals surface area contributed by atoms with Gasteiger partial charge in [0.1, 0.15) is 0 Å². The van der Waals surface area contributed by atoms with E-state index in [2.05, 4.69) is 17.7 Å². The van der Waals surface area contributed by atoms with Crippen LogP contribution in [0, 0.1) is 0 Å². The van der Waals surface area contributed by atoms with Gasteiger partial charge < -0.3 is 4.74 Å². The highest BCUT2D eigenvalue weighted by molar-refractivity contribution is 7.86. The van der Waals surface area contributed by atoms with Crippen molar-refractivity contribution in [1.29, 1.82) is 0 Å². The second kappa shape index (κ2) is 16.3. The van der Waals surface area contributed by atoms with Crippen LogP contribution in [-0.2, 0) is 23.8 Å². The fourth-order valence-electron chi connectivity index (χ4n) is 2.78. The quantitative estimate of drug-likeness (QED) is 0.149. The van der Waals surface area contributed by atoms with Crippen molar-refractivity contribution in [3.05, 3.63) is 12.2 Å². The Hall–Kier alpha value is -0.880. The molecule has 0 saturated carbocycles. The molecule has 26 heavy (non-hydrogen) atoms. The summed E-state index contributed by atoms with van der Waals surface area (Å²) in [7, 11) is -1.98. The van der Waals surface area contributed by atoms with Gasteiger partial charge in [-0.3, -0.25) is 8.98 Å². The average molecular weight is 391 g/mol. The highest BCUT2D eigenvalue weighted by atomic mass is 32.2. The molecule has 0 radical (unpaired) electrons. The molecule has 0 aliphatic rings. The van der Waals surface area contributed by atoms with E-state index in [4.69, 9.17) is 4.18 Å². The van der Waals surface area contributed by atoms with Gasteiger partial charge in [0.25, 0.3) is 10.1 Å². The fourth-order valence-corrected chi connectivity index (χ4v) is 3.45. The molecule has 5 nitrogen and oxygen atoms in total. The Balaban J connectivity index is 3.84. The van der Waals surface area contributed by atoms with Gasteiger partial charge in [0.15, 0.2) is 0 Å². The van der Waals surface area contributed by atoms with E-state index in [-0.39, 0.29) is 12.1 Å². The molecule has 0 aliphatic carbocycles. The summed E-state index contributed by atoms with van der Waals surface area (Å²) in [6, 6.07) is 0. The van der Waals surface area contributed by atoms with Crippen LogP contribution in [0.1, 0.15) is 90.4 Å². The maximum Gasteiger partial charge on any atom is 0.305 e. The van der Waals surface area contributed by atoms with Crippen molar-refractivity contribution in [2.24, 2.45) is 0 Å². The third-order valence-corrected chi connectivity index (χ3v) is 4.86. The van der Waals surface area contributed by atoms with E-state index in [1.54, 1.807) is 0 Å². The van der Waals surface area contributed by atoms with Gasteiger partial charge in [-0.25, -0.2) is 0 Å². The van der Waals surface area contributed by atoms with E-state index in [1.165, 1.54) is 20.0 Å². The zero-order valence-corrected chi connectivity index (χ0v) is 17.7. The van der Waals surface area contributed by atoms with E-state index in [9.17, 15) is 13.2 Å². The van der Waals surface area contributed by atoms with Crippen LogP contribution in [-0.4, -0.2) is 33.9 Å². The number of hydrogen-bond donors (Lipinski definition) is 0. The van der Waals surface area contributed by atoms with Crippen LogP contribution in [0.2, 0.25) is 0 Å². The molecule has 1 unspecified atom stereocenters. The van der Waals surface area contributed by atoms with Gasteiger partial charge in [0, 0.05) is 6.42 Å². The summed E-state index contributed by atoms with van der Waals surface area (Å²) in [4.78, 5) is 11.0. The van der Waals surface area contributed by atoms with Crippen LogP contribution in [0.5, 0.6) is 0 Å². The first-order chi connectivity index (χ1) is 12.4. The Kier molecular flexibility index (Phi) is 15.8. The smallest absolute Gasteiger partial charge is 0.305 e. The lowest BCUT2D eigenvalue weighted by Gasteiger charge is -2.14. The number of ether oxygens (including phenoxy) is 1. The Morgan fingerprint density at radius 2 is 1.62 bits per heavy atom. The molecule has 0 amide bonds. The largest absolute Gasteiger partial charge is 0.469 e. The summed E-state index contributed by atoms with van der Waals surface area (Å²) >= 11 is 0. The zero-order valence-electron chi connectivity index (χ0n) is 16.9. The molecule has 0 bridgehead atoms. The number of allylic oxidation sites excluding steroid dienone is 1. The number of rotatable bonds is 17. The van der Waals surface area contributed by atoms with E-state index < -0.39 is 10.1 Å². The van der Waals surface area contributed by atoms with Crippen molar-refractivity contribution in [2.75, 3.05) is 13.4 Å². The predicted molar refractivity (Wildman–Crippen MR) is 107 cm³/mol. The van der Waals surface area contributed by atoms with Crippen molar-refractivity contribution >= 4 is 16.1 Å². The molecule has 154 valence electrons. The minimum absolute atomic E-state index is 0.131. The van der Waals surface area contributed by atoms with Crippen LogP contribution in [0.15, 0.2) is 12.2 Å². The molecule has 0 fully saturated rings. The Morgan fingerprint density at radius 1 is 0.962 bits per heavy atom. The van der Waals surface area contributed by atoms with E-state index in [1.807, 2.05) is 6.08 Å². The molecule has 0 N–H and O–H groups in total. The molecule has 0 spiro atoms. The molecule has 0 aromatic heterocycles. The second-order valence-corrected chi connectivity index (χ2v) is 8.46. The summed E-state index contributed by atoms with van der Waals surface area (Å²) in [5.41, 5.74) is 0. The van der Waals surface area contributed by atoms with Crippen molar-refractivity contribution in [3.63, 3.8) is 0 Å². The Morgan fingerprint density at radius 3 is 2.27 bits per heavy atom. The second-order valence-electron chi connectivity index (χ2n) is 6.86. The summed E-state index contributed by atoms with van der Waals surface area (Å²) in [6.07, 6.45) is 17.8. The van der Waals surface area contributed by atoms with Crippen LogP contribution in [0.25, 0.3) is 0 Å². The number of hydrogen-bond acceptors (Lipinski definition) is 5. The minimum Gasteiger partial charge on any atom is -0.469 e. The summed E-state index contributed by atoms with van der Waals surface area (Å²) in [5.74, 6) is -0.131. The van der Waals surface area contributed by atoms with Gasteiger partial charge in [-0.1, -0.05) is 64.0 Å². The number of carbonyl (C=O) groups is 1. The normalized spacial score (nSPS) is 13.2. The van der Waals surface area contributed by atoms with Crippen molar-refractivity contribution in [3.8, 4) is 0 Å². The van der Waals surface area contributed by atoms with E-state index in [0.717, 1.165) is 64.0 Å². The topological polar surface area (TPSA) is 69.7 Å². The summed E-state index contributed by atoms with van der Waals surface area (Å²) < 4.78 is 32.6. The minimum atomic E-state index is -3.40. The third kappa shape index (κ3) is 17.9. The molecule has 0 aromatic carbocycles. The van der Waals surface area contributed by atoms with Crippen LogP contribution < -0.4 is 0 Å². The Bertz CT molecular complexity index is 471. The molecule has 6 heteroatoms. The SMILES string of the molecule is CCCCCCC(C/C=C\CCCCCCCC(=O)OC)OS(C)(=O)=O. The highest BCUT2D eigenvalue weighted by Gasteiger charge is 2.13. The first-order valence-corrected chi connectivity index (χ1v) is 11.8. The summed E-state index contributed by atoms with van der Waals surface area (Å²) in [5, 5.41) is 0. The molecule has 0 rings (SSSR count). The number of methoxy groups -OCH3 is 1. The lowest BCUT2D eigenvalue weighted by Crippen LogP contribution is -2.17. The lowest BCUT2D eigenvalue weighted by atomic mass is 10.1. The number of carbonyl (C=O) groups excluding carboxylic acids is 1. The van der Waals surface area contributed by atoms with Crippen LogP contribution in [0.3, 0.4) is 0 Å². The van der Waals surface area contributed by atoms with Crippen molar-refractivity contribution in [1.82, 2.24) is 0 Å². The molecular weight excluding hydrogens is 352 g/mol.